The topological polar surface area (TPSA) is 63.2 Å². The fourth-order valence-electron chi connectivity index (χ4n) is 2.95. The van der Waals surface area contributed by atoms with E-state index in [2.05, 4.69) is 5.32 Å². The number of para-hydroxylation sites is 1. The average molecular weight is 283 g/mol. The molecule has 0 spiro atoms. The number of carbonyl (C=O) groups is 1. The molecular formula is C13H14FNO3S. The average Bonchev–Trinajstić information content (AvgIpc) is 2.95. The molecule has 2 fully saturated rings. The van der Waals surface area contributed by atoms with Crippen molar-refractivity contribution >= 4 is 21.8 Å². The van der Waals surface area contributed by atoms with Gasteiger partial charge in [0.05, 0.1) is 5.69 Å². The van der Waals surface area contributed by atoms with Crippen molar-refractivity contribution in [2.24, 2.45) is 17.8 Å². The van der Waals surface area contributed by atoms with Crippen molar-refractivity contribution in [3.05, 3.63) is 24.3 Å². The molecule has 1 aromatic rings. The predicted octanol–water partition coefficient (Wildman–Crippen LogP) is 2.33. The van der Waals surface area contributed by atoms with Gasteiger partial charge in [-0.2, -0.15) is 8.42 Å². The third-order valence-corrected chi connectivity index (χ3v) is 4.90. The lowest BCUT2D eigenvalue weighted by Gasteiger charge is -2.13. The van der Waals surface area contributed by atoms with Crippen LogP contribution in [-0.4, -0.2) is 14.3 Å². The summed E-state index contributed by atoms with van der Waals surface area (Å²) in [4.78, 5) is 11.6. The highest BCUT2D eigenvalue weighted by atomic mass is 32.3. The van der Waals surface area contributed by atoms with Crippen molar-refractivity contribution in [1.82, 2.24) is 0 Å². The van der Waals surface area contributed by atoms with Gasteiger partial charge in [0.25, 0.3) is 0 Å². The van der Waals surface area contributed by atoms with E-state index in [4.69, 9.17) is 0 Å². The summed E-state index contributed by atoms with van der Waals surface area (Å²) >= 11 is 0. The summed E-state index contributed by atoms with van der Waals surface area (Å²) in [6.45, 7) is 0. The molecule has 0 aromatic heterocycles. The Hall–Kier alpha value is -1.43. The second-order valence-corrected chi connectivity index (χ2v) is 6.66. The number of nitrogens with one attached hydrogen (secondary N) is 1. The van der Waals surface area contributed by atoms with Gasteiger partial charge in [0.1, 0.15) is 4.90 Å². The third-order valence-electron chi connectivity index (χ3n) is 4.02. The number of amides is 1. The Morgan fingerprint density at radius 1 is 1.16 bits per heavy atom. The number of rotatable bonds is 3. The summed E-state index contributed by atoms with van der Waals surface area (Å²) in [6.07, 6.45) is 2.93. The van der Waals surface area contributed by atoms with Gasteiger partial charge in [0.2, 0.25) is 5.91 Å². The molecule has 4 nitrogen and oxygen atoms in total. The van der Waals surface area contributed by atoms with Crippen LogP contribution in [0.3, 0.4) is 0 Å². The highest BCUT2D eigenvalue weighted by Crippen LogP contribution is 2.54. The van der Waals surface area contributed by atoms with Gasteiger partial charge in [-0.15, -0.1) is 3.89 Å². The molecule has 3 rings (SSSR count). The molecule has 2 unspecified atom stereocenters. The molecule has 0 aliphatic heterocycles. The largest absolute Gasteiger partial charge is 0.334 e. The Kier molecular flexibility index (Phi) is 2.85. The van der Waals surface area contributed by atoms with Crippen LogP contribution >= 0.6 is 0 Å². The minimum Gasteiger partial charge on any atom is -0.325 e. The Bertz CT molecular complexity index is 619. The number of hydrogen-bond donors (Lipinski definition) is 1. The lowest BCUT2D eigenvalue weighted by molar-refractivity contribution is -0.120. The molecule has 19 heavy (non-hydrogen) atoms. The summed E-state index contributed by atoms with van der Waals surface area (Å²) in [5, 5.41) is 2.54. The lowest BCUT2D eigenvalue weighted by Crippen LogP contribution is -2.22. The van der Waals surface area contributed by atoms with Crippen LogP contribution in [0.2, 0.25) is 0 Å². The highest BCUT2D eigenvalue weighted by molar-refractivity contribution is 7.86. The van der Waals surface area contributed by atoms with Crippen molar-refractivity contribution in [2.75, 3.05) is 5.32 Å². The first kappa shape index (κ1) is 12.6. The number of halogens is 1. The van der Waals surface area contributed by atoms with Gasteiger partial charge >= 0.3 is 10.2 Å². The fraction of sp³-hybridized carbons (Fsp3) is 0.462. The van der Waals surface area contributed by atoms with Gasteiger partial charge in [-0.25, -0.2) is 0 Å². The van der Waals surface area contributed by atoms with Gasteiger partial charge in [-0.1, -0.05) is 12.1 Å². The van der Waals surface area contributed by atoms with E-state index in [0.29, 0.717) is 11.8 Å². The quantitative estimate of drug-likeness (QED) is 0.866. The van der Waals surface area contributed by atoms with Gasteiger partial charge in [-0.3, -0.25) is 4.79 Å². The second-order valence-electron chi connectivity index (χ2n) is 5.35. The first-order chi connectivity index (χ1) is 8.95. The molecule has 102 valence electrons. The van der Waals surface area contributed by atoms with E-state index in [-0.39, 0.29) is 17.5 Å². The first-order valence-corrected chi connectivity index (χ1v) is 7.68. The summed E-state index contributed by atoms with van der Waals surface area (Å²) in [5.74, 6) is 1.05. The Balaban J connectivity index is 1.78. The number of carbonyl (C=O) groups excluding carboxylic acids is 1. The number of fused-ring (bicyclic) bond motifs is 1. The smallest absolute Gasteiger partial charge is 0.325 e. The number of anilines is 1. The van der Waals surface area contributed by atoms with E-state index < -0.39 is 15.1 Å². The molecule has 2 aliphatic rings. The maximum absolute atomic E-state index is 13.1. The molecule has 2 atom stereocenters. The molecule has 1 N–H and O–H groups in total. The molecule has 0 heterocycles. The standard InChI is InChI=1S/C13H14FNO3S/c14-19(17,18)12-4-2-1-3-11(12)15-13(16)10-6-8-5-9(8)7-10/h1-4,8-10H,5-7H2,(H,15,16). The van der Waals surface area contributed by atoms with Crippen LogP contribution in [0.1, 0.15) is 19.3 Å². The van der Waals surface area contributed by atoms with E-state index in [1.807, 2.05) is 0 Å². The summed E-state index contributed by atoms with van der Waals surface area (Å²) in [6, 6.07) is 5.54. The Labute approximate surface area is 111 Å². The molecule has 0 radical (unpaired) electrons. The van der Waals surface area contributed by atoms with Crippen molar-refractivity contribution in [2.45, 2.75) is 24.2 Å². The SMILES string of the molecule is O=C(Nc1ccccc1S(=O)(=O)F)C1CC2CC2C1. The van der Waals surface area contributed by atoms with E-state index in [0.717, 1.165) is 18.9 Å². The van der Waals surface area contributed by atoms with Crippen LogP contribution in [0.15, 0.2) is 29.2 Å². The van der Waals surface area contributed by atoms with Crippen LogP contribution in [0.25, 0.3) is 0 Å². The normalized spacial score (nSPS) is 28.8. The fourth-order valence-corrected chi connectivity index (χ4v) is 3.57. The number of hydrogen-bond acceptors (Lipinski definition) is 3. The van der Waals surface area contributed by atoms with Crippen molar-refractivity contribution in [3.63, 3.8) is 0 Å². The predicted molar refractivity (Wildman–Crippen MR) is 67.7 cm³/mol. The summed E-state index contributed by atoms with van der Waals surface area (Å²) < 4.78 is 35.1. The molecule has 1 amide bonds. The molecule has 0 saturated heterocycles. The van der Waals surface area contributed by atoms with E-state index in [9.17, 15) is 17.1 Å². The maximum Gasteiger partial charge on any atom is 0.334 e. The highest BCUT2D eigenvalue weighted by Gasteiger charge is 2.48. The van der Waals surface area contributed by atoms with Gasteiger partial charge in [0, 0.05) is 5.92 Å². The Morgan fingerprint density at radius 3 is 2.42 bits per heavy atom. The van der Waals surface area contributed by atoms with Gasteiger partial charge in [0.15, 0.2) is 0 Å². The van der Waals surface area contributed by atoms with Crippen LogP contribution < -0.4 is 5.32 Å². The van der Waals surface area contributed by atoms with E-state index in [1.165, 1.54) is 18.6 Å². The van der Waals surface area contributed by atoms with Crippen LogP contribution in [0, 0.1) is 17.8 Å². The lowest BCUT2D eigenvalue weighted by atomic mass is 10.0. The molecule has 2 aliphatic carbocycles. The number of benzene rings is 1. The van der Waals surface area contributed by atoms with Crippen molar-refractivity contribution in [3.8, 4) is 0 Å². The summed E-state index contributed by atoms with van der Waals surface area (Å²) in [5.41, 5.74) is 0.0237. The molecule has 0 bridgehead atoms. The summed E-state index contributed by atoms with van der Waals surface area (Å²) in [7, 11) is -4.82. The minimum atomic E-state index is -4.82. The van der Waals surface area contributed by atoms with Crippen molar-refractivity contribution < 1.29 is 17.1 Å². The molecular weight excluding hydrogens is 269 g/mol. The van der Waals surface area contributed by atoms with Gasteiger partial charge < -0.3 is 5.32 Å². The second kappa shape index (κ2) is 4.30. The molecule has 6 heteroatoms. The van der Waals surface area contributed by atoms with E-state index in [1.54, 1.807) is 6.07 Å². The zero-order valence-corrected chi connectivity index (χ0v) is 11.0. The van der Waals surface area contributed by atoms with Gasteiger partial charge in [-0.05, 0) is 43.2 Å². The molecule has 2 saturated carbocycles. The zero-order valence-electron chi connectivity index (χ0n) is 10.2. The maximum atomic E-state index is 13.1. The van der Waals surface area contributed by atoms with Crippen molar-refractivity contribution in [1.29, 1.82) is 0 Å². The first-order valence-electron chi connectivity index (χ1n) is 6.29. The monoisotopic (exact) mass is 283 g/mol. The van der Waals surface area contributed by atoms with Crippen LogP contribution in [0.5, 0.6) is 0 Å². The third kappa shape index (κ3) is 2.49. The Morgan fingerprint density at radius 2 is 1.79 bits per heavy atom. The van der Waals surface area contributed by atoms with Crippen LogP contribution in [0.4, 0.5) is 9.57 Å². The van der Waals surface area contributed by atoms with Crippen LogP contribution in [-0.2, 0) is 15.0 Å². The minimum absolute atomic E-state index is 0.0237. The van der Waals surface area contributed by atoms with E-state index >= 15 is 0 Å². The molecule has 1 aromatic carbocycles. The zero-order chi connectivity index (χ0) is 13.6.